The van der Waals surface area contributed by atoms with E-state index in [0.717, 1.165) is 44.4 Å². The Morgan fingerprint density at radius 2 is 2.00 bits per heavy atom. The quantitative estimate of drug-likeness (QED) is 0.755. The van der Waals surface area contributed by atoms with Gasteiger partial charge in [-0.25, -0.2) is 0 Å². The molecular formula is C13H25NO2. The second-order valence-electron chi connectivity index (χ2n) is 5.14. The van der Waals surface area contributed by atoms with Gasteiger partial charge in [0.1, 0.15) is 0 Å². The molecule has 0 saturated heterocycles. The van der Waals surface area contributed by atoms with Gasteiger partial charge in [0.2, 0.25) is 5.91 Å². The summed E-state index contributed by atoms with van der Waals surface area (Å²) in [6.45, 7) is 4.70. The van der Waals surface area contributed by atoms with E-state index in [9.17, 15) is 9.90 Å². The lowest BCUT2D eigenvalue weighted by atomic mass is 9.82. The Morgan fingerprint density at radius 3 is 2.56 bits per heavy atom. The van der Waals surface area contributed by atoms with Crippen molar-refractivity contribution < 1.29 is 9.90 Å². The minimum atomic E-state index is -0.378. The van der Waals surface area contributed by atoms with Crippen molar-refractivity contribution in [2.75, 3.05) is 6.54 Å². The van der Waals surface area contributed by atoms with Crippen LogP contribution in [0.1, 0.15) is 52.4 Å². The molecule has 0 radical (unpaired) electrons. The lowest BCUT2D eigenvalue weighted by Crippen LogP contribution is -2.37. The van der Waals surface area contributed by atoms with Gasteiger partial charge in [-0.2, -0.15) is 0 Å². The molecule has 1 saturated carbocycles. The Hall–Kier alpha value is -0.570. The summed E-state index contributed by atoms with van der Waals surface area (Å²) in [5.41, 5.74) is 0. The molecule has 0 spiro atoms. The monoisotopic (exact) mass is 227 g/mol. The SMILES string of the molecule is CCCC(O)CNC(=O)C1CCC(C)CC1. The molecule has 1 fully saturated rings. The summed E-state index contributed by atoms with van der Waals surface area (Å²) in [6, 6.07) is 0. The Kier molecular flexibility index (Phi) is 5.81. The van der Waals surface area contributed by atoms with Crippen LogP contribution in [0, 0.1) is 11.8 Å². The van der Waals surface area contributed by atoms with E-state index in [4.69, 9.17) is 0 Å². The largest absolute Gasteiger partial charge is 0.391 e. The third-order valence-electron chi connectivity index (χ3n) is 3.52. The molecule has 3 nitrogen and oxygen atoms in total. The van der Waals surface area contributed by atoms with Crippen molar-refractivity contribution in [3.05, 3.63) is 0 Å². The number of rotatable bonds is 5. The first-order valence-corrected chi connectivity index (χ1v) is 6.59. The number of aliphatic hydroxyl groups is 1. The first kappa shape index (κ1) is 13.5. The number of aliphatic hydroxyl groups excluding tert-OH is 1. The van der Waals surface area contributed by atoms with Crippen molar-refractivity contribution >= 4 is 5.91 Å². The van der Waals surface area contributed by atoms with Crippen LogP contribution in [0.25, 0.3) is 0 Å². The van der Waals surface area contributed by atoms with Crippen LogP contribution in [0.2, 0.25) is 0 Å². The Bertz CT molecular complexity index is 210. The van der Waals surface area contributed by atoms with Gasteiger partial charge in [-0.3, -0.25) is 4.79 Å². The maximum atomic E-state index is 11.8. The number of hydrogen-bond acceptors (Lipinski definition) is 2. The Labute approximate surface area is 98.6 Å². The molecule has 3 heteroatoms. The van der Waals surface area contributed by atoms with Gasteiger partial charge in [-0.05, 0) is 38.0 Å². The molecule has 0 bridgehead atoms. The summed E-state index contributed by atoms with van der Waals surface area (Å²) < 4.78 is 0. The number of carbonyl (C=O) groups is 1. The van der Waals surface area contributed by atoms with Gasteiger partial charge in [0.15, 0.2) is 0 Å². The molecule has 0 aliphatic heterocycles. The molecule has 1 aliphatic carbocycles. The van der Waals surface area contributed by atoms with Gasteiger partial charge < -0.3 is 10.4 Å². The summed E-state index contributed by atoms with van der Waals surface area (Å²) in [5.74, 6) is 1.10. The van der Waals surface area contributed by atoms with Crippen LogP contribution >= 0.6 is 0 Å². The van der Waals surface area contributed by atoms with Gasteiger partial charge in [0.25, 0.3) is 0 Å². The van der Waals surface area contributed by atoms with E-state index in [1.807, 2.05) is 6.92 Å². The van der Waals surface area contributed by atoms with E-state index in [-0.39, 0.29) is 17.9 Å². The van der Waals surface area contributed by atoms with Gasteiger partial charge in [-0.15, -0.1) is 0 Å². The van der Waals surface area contributed by atoms with E-state index in [1.165, 1.54) is 0 Å². The maximum Gasteiger partial charge on any atom is 0.223 e. The van der Waals surface area contributed by atoms with Crippen LogP contribution in [-0.4, -0.2) is 23.7 Å². The zero-order valence-electron chi connectivity index (χ0n) is 10.5. The average Bonchev–Trinajstić information content (AvgIpc) is 2.27. The van der Waals surface area contributed by atoms with Crippen LogP contribution in [0.3, 0.4) is 0 Å². The minimum Gasteiger partial charge on any atom is -0.391 e. The molecule has 1 rings (SSSR count). The van der Waals surface area contributed by atoms with Crippen LogP contribution in [0.15, 0.2) is 0 Å². The van der Waals surface area contributed by atoms with Crippen LogP contribution in [0.4, 0.5) is 0 Å². The van der Waals surface area contributed by atoms with E-state index in [2.05, 4.69) is 12.2 Å². The standard InChI is InChI=1S/C13H25NO2/c1-3-4-12(15)9-14-13(16)11-7-5-10(2)6-8-11/h10-12,15H,3-9H2,1-2H3,(H,14,16). The fourth-order valence-corrected chi connectivity index (χ4v) is 2.32. The molecule has 1 unspecified atom stereocenters. The highest BCUT2D eigenvalue weighted by atomic mass is 16.3. The Balaban J connectivity index is 2.19. The number of hydrogen-bond donors (Lipinski definition) is 2. The smallest absolute Gasteiger partial charge is 0.223 e. The maximum absolute atomic E-state index is 11.8. The van der Waals surface area contributed by atoms with Gasteiger partial charge in [0.05, 0.1) is 6.10 Å². The zero-order valence-corrected chi connectivity index (χ0v) is 10.5. The first-order chi connectivity index (χ1) is 7.63. The summed E-state index contributed by atoms with van der Waals surface area (Å²) in [7, 11) is 0. The van der Waals surface area contributed by atoms with Crippen molar-refractivity contribution in [3.63, 3.8) is 0 Å². The molecule has 0 heterocycles. The number of carbonyl (C=O) groups excluding carboxylic acids is 1. The van der Waals surface area contributed by atoms with Crippen LogP contribution in [-0.2, 0) is 4.79 Å². The molecule has 1 amide bonds. The molecule has 16 heavy (non-hydrogen) atoms. The first-order valence-electron chi connectivity index (χ1n) is 6.59. The van der Waals surface area contributed by atoms with Crippen molar-refractivity contribution in [3.8, 4) is 0 Å². The normalized spacial score (nSPS) is 27.4. The van der Waals surface area contributed by atoms with Crippen molar-refractivity contribution in [2.45, 2.75) is 58.5 Å². The molecular weight excluding hydrogens is 202 g/mol. The van der Waals surface area contributed by atoms with Gasteiger partial charge >= 0.3 is 0 Å². The van der Waals surface area contributed by atoms with Gasteiger partial charge in [0, 0.05) is 12.5 Å². The molecule has 0 aromatic rings. The van der Waals surface area contributed by atoms with Gasteiger partial charge in [-0.1, -0.05) is 20.3 Å². The summed E-state index contributed by atoms with van der Waals surface area (Å²) in [4.78, 5) is 11.8. The topological polar surface area (TPSA) is 49.3 Å². The van der Waals surface area contributed by atoms with E-state index >= 15 is 0 Å². The third kappa shape index (κ3) is 4.52. The van der Waals surface area contributed by atoms with E-state index in [0.29, 0.717) is 6.54 Å². The molecule has 2 N–H and O–H groups in total. The molecule has 0 aromatic heterocycles. The predicted molar refractivity (Wildman–Crippen MR) is 65.0 cm³/mol. The zero-order chi connectivity index (χ0) is 12.0. The number of nitrogens with one attached hydrogen (secondary N) is 1. The second kappa shape index (κ2) is 6.89. The average molecular weight is 227 g/mol. The highest BCUT2D eigenvalue weighted by Gasteiger charge is 2.24. The highest BCUT2D eigenvalue weighted by molar-refractivity contribution is 5.78. The molecule has 1 atom stereocenters. The fraction of sp³-hybridized carbons (Fsp3) is 0.923. The molecule has 94 valence electrons. The second-order valence-corrected chi connectivity index (χ2v) is 5.14. The molecule has 1 aliphatic rings. The summed E-state index contributed by atoms with van der Waals surface area (Å²) >= 11 is 0. The van der Waals surface area contributed by atoms with Crippen molar-refractivity contribution in [2.24, 2.45) is 11.8 Å². The lowest BCUT2D eigenvalue weighted by molar-refractivity contribution is -0.126. The van der Waals surface area contributed by atoms with E-state index in [1.54, 1.807) is 0 Å². The summed E-state index contributed by atoms with van der Waals surface area (Å²) in [5, 5.41) is 12.4. The van der Waals surface area contributed by atoms with Crippen LogP contribution < -0.4 is 5.32 Å². The number of amides is 1. The fourth-order valence-electron chi connectivity index (χ4n) is 2.32. The lowest BCUT2D eigenvalue weighted by Gasteiger charge is -2.25. The van der Waals surface area contributed by atoms with Crippen molar-refractivity contribution in [1.82, 2.24) is 5.32 Å². The predicted octanol–water partition coefficient (Wildman–Crippen LogP) is 2.09. The molecule has 0 aromatic carbocycles. The van der Waals surface area contributed by atoms with E-state index < -0.39 is 0 Å². The van der Waals surface area contributed by atoms with Crippen molar-refractivity contribution in [1.29, 1.82) is 0 Å². The Morgan fingerprint density at radius 1 is 1.38 bits per heavy atom. The summed E-state index contributed by atoms with van der Waals surface area (Å²) in [6.07, 6.45) is 5.69. The minimum absolute atomic E-state index is 0.141. The third-order valence-corrected chi connectivity index (χ3v) is 3.52. The van der Waals surface area contributed by atoms with Crippen LogP contribution in [0.5, 0.6) is 0 Å². The highest BCUT2D eigenvalue weighted by Crippen LogP contribution is 2.28.